The lowest BCUT2D eigenvalue weighted by Gasteiger charge is -2.19. The van der Waals surface area contributed by atoms with Crippen LogP contribution in [0.5, 0.6) is 11.5 Å². The number of hydrogen-bond acceptors (Lipinski definition) is 5. The highest BCUT2D eigenvalue weighted by Crippen LogP contribution is 2.24. The van der Waals surface area contributed by atoms with Gasteiger partial charge in [-0.2, -0.15) is 0 Å². The van der Waals surface area contributed by atoms with E-state index in [1.807, 2.05) is 20.8 Å². The summed E-state index contributed by atoms with van der Waals surface area (Å²) in [5.41, 5.74) is 1.03. The molecule has 0 aliphatic carbocycles. The summed E-state index contributed by atoms with van der Waals surface area (Å²) in [6.45, 7) is 8.22. The number of hydrogen-bond donors (Lipinski definition) is 2. The second-order valence-corrected chi connectivity index (χ2v) is 9.57. The third-order valence-electron chi connectivity index (χ3n) is 3.97. The van der Waals surface area contributed by atoms with Gasteiger partial charge in [0, 0.05) is 12.2 Å². The van der Waals surface area contributed by atoms with E-state index in [2.05, 4.69) is 10.0 Å². The number of benzene rings is 2. The minimum absolute atomic E-state index is 0.0154. The molecule has 0 unspecified atom stereocenters. The Kier molecular flexibility index (Phi) is 7.13. The van der Waals surface area contributed by atoms with Crippen molar-refractivity contribution in [1.82, 2.24) is 5.32 Å². The molecule has 0 radical (unpaired) electrons. The van der Waals surface area contributed by atoms with Gasteiger partial charge in [0.15, 0.2) is 6.61 Å². The highest BCUT2D eigenvalue weighted by Gasteiger charge is 2.17. The molecule has 2 rings (SSSR count). The summed E-state index contributed by atoms with van der Waals surface area (Å²) in [6.07, 6.45) is 0. The van der Waals surface area contributed by atoms with Crippen LogP contribution in [0.4, 0.5) is 5.69 Å². The van der Waals surface area contributed by atoms with Crippen molar-refractivity contribution in [2.75, 3.05) is 25.0 Å². The number of sulfonamides is 1. The van der Waals surface area contributed by atoms with Crippen LogP contribution in [0.1, 0.15) is 26.3 Å². The number of nitrogens with one attached hydrogen (secondary N) is 2. The van der Waals surface area contributed by atoms with E-state index in [1.165, 1.54) is 12.1 Å². The van der Waals surface area contributed by atoms with Crippen LogP contribution in [0.15, 0.2) is 47.4 Å². The molecular formula is C21H28N2O5S. The Hall–Kier alpha value is -2.74. The number of ether oxygens (including phenoxy) is 2. The molecule has 0 aliphatic heterocycles. The lowest BCUT2D eigenvalue weighted by Crippen LogP contribution is -2.35. The fourth-order valence-electron chi connectivity index (χ4n) is 2.38. The third-order valence-corrected chi connectivity index (χ3v) is 5.35. The number of rotatable bonds is 8. The highest BCUT2D eigenvalue weighted by atomic mass is 32.2. The van der Waals surface area contributed by atoms with Crippen molar-refractivity contribution in [2.45, 2.75) is 32.6 Å². The molecule has 0 bridgehead atoms. The minimum atomic E-state index is -3.75. The van der Waals surface area contributed by atoms with Gasteiger partial charge >= 0.3 is 0 Å². The molecule has 0 atom stereocenters. The first-order chi connectivity index (χ1) is 13.5. The zero-order valence-corrected chi connectivity index (χ0v) is 18.2. The quantitative estimate of drug-likeness (QED) is 0.683. The zero-order chi connectivity index (χ0) is 21.7. The van der Waals surface area contributed by atoms with Gasteiger partial charge in [-0.1, -0.05) is 20.8 Å². The monoisotopic (exact) mass is 420 g/mol. The van der Waals surface area contributed by atoms with Crippen LogP contribution in [0.25, 0.3) is 0 Å². The average molecular weight is 421 g/mol. The normalized spacial score (nSPS) is 11.6. The van der Waals surface area contributed by atoms with Gasteiger partial charge in [0.2, 0.25) is 0 Å². The summed E-state index contributed by atoms with van der Waals surface area (Å²) in [4.78, 5) is 12.0. The zero-order valence-electron chi connectivity index (χ0n) is 17.4. The molecule has 0 aromatic heterocycles. The fraction of sp³-hybridized carbons (Fsp3) is 0.381. The Morgan fingerprint density at radius 3 is 2.28 bits per heavy atom. The number of methoxy groups -OCH3 is 1. The molecule has 0 spiro atoms. The van der Waals surface area contributed by atoms with Crippen molar-refractivity contribution in [1.29, 1.82) is 0 Å². The molecule has 158 valence electrons. The van der Waals surface area contributed by atoms with Crippen molar-refractivity contribution in [3.63, 3.8) is 0 Å². The fourth-order valence-corrected chi connectivity index (χ4v) is 3.53. The van der Waals surface area contributed by atoms with Gasteiger partial charge in [0.25, 0.3) is 15.9 Å². The minimum Gasteiger partial charge on any atom is -0.497 e. The predicted octanol–water partition coefficient (Wildman–Crippen LogP) is 3.35. The molecule has 1 amide bonds. The van der Waals surface area contributed by atoms with E-state index in [0.29, 0.717) is 29.3 Å². The Labute approximate surface area is 172 Å². The maximum atomic E-state index is 12.6. The highest BCUT2D eigenvalue weighted by molar-refractivity contribution is 7.92. The van der Waals surface area contributed by atoms with Crippen molar-refractivity contribution < 1.29 is 22.7 Å². The van der Waals surface area contributed by atoms with Crippen molar-refractivity contribution in [3.8, 4) is 11.5 Å². The van der Waals surface area contributed by atoms with Gasteiger partial charge in [-0.15, -0.1) is 0 Å². The molecule has 0 fully saturated rings. The van der Waals surface area contributed by atoms with E-state index in [-0.39, 0.29) is 22.8 Å². The van der Waals surface area contributed by atoms with Crippen LogP contribution < -0.4 is 19.5 Å². The average Bonchev–Trinajstić information content (AvgIpc) is 2.65. The molecule has 0 heterocycles. The summed E-state index contributed by atoms with van der Waals surface area (Å²) >= 11 is 0. The summed E-state index contributed by atoms with van der Waals surface area (Å²) in [7, 11) is -2.21. The van der Waals surface area contributed by atoms with E-state index < -0.39 is 10.0 Å². The van der Waals surface area contributed by atoms with E-state index in [0.717, 1.165) is 0 Å². The Bertz CT molecular complexity index is 948. The molecule has 2 aromatic carbocycles. The van der Waals surface area contributed by atoms with Crippen molar-refractivity contribution in [3.05, 3.63) is 48.0 Å². The first-order valence-electron chi connectivity index (χ1n) is 9.17. The number of carbonyl (C=O) groups is 1. The van der Waals surface area contributed by atoms with E-state index >= 15 is 0 Å². The lowest BCUT2D eigenvalue weighted by molar-refractivity contribution is -0.123. The standard InChI is InChI=1S/C21H28N2O5S/c1-15-12-18(29(25,26)23-16-6-8-17(27-5)9-7-16)10-11-19(15)28-13-20(24)22-14-21(2,3)4/h6-12,23H,13-14H2,1-5H3,(H,22,24). The van der Waals surface area contributed by atoms with Crippen LogP contribution in [0, 0.1) is 12.3 Å². The summed E-state index contributed by atoms with van der Waals surface area (Å²) < 4.78 is 38.4. The SMILES string of the molecule is COc1ccc(NS(=O)(=O)c2ccc(OCC(=O)NCC(C)(C)C)c(C)c2)cc1. The van der Waals surface area contributed by atoms with Crippen molar-refractivity contribution in [2.24, 2.45) is 5.41 Å². The molecule has 29 heavy (non-hydrogen) atoms. The van der Waals surface area contributed by atoms with Gasteiger partial charge in [0.05, 0.1) is 12.0 Å². The van der Waals surface area contributed by atoms with Crippen molar-refractivity contribution >= 4 is 21.6 Å². The molecule has 2 aromatic rings. The number of amides is 1. The van der Waals surface area contributed by atoms with E-state index in [1.54, 1.807) is 44.4 Å². The molecular weight excluding hydrogens is 392 g/mol. The van der Waals surface area contributed by atoms with Gasteiger partial charge in [-0.3, -0.25) is 9.52 Å². The Balaban J connectivity index is 2.02. The van der Waals surface area contributed by atoms with E-state index in [9.17, 15) is 13.2 Å². The summed E-state index contributed by atoms with van der Waals surface area (Å²) in [5, 5.41) is 2.80. The van der Waals surface area contributed by atoms with Gasteiger partial charge in [-0.25, -0.2) is 8.42 Å². The molecule has 2 N–H and O–H groups in total. The predicted molar refractivity (Wildman–Crippen MR) is 113 cm³/mol. The van der Waals surface area contributed by atoms with Crippen LogP contribution in [-0.4, -0.2) is 34.6 Å². The first-order valence-corrected chi connectivity index (χ1v) is 10.7. The summed E-state index contributed by atoms with van der Waals surface area (Å²) in [6, 6.07) is 11.1. The number of aryl methyl sites for hydroxylation is 1. The molecule has 8 heteroatoms. The topological polar surface area (TPSA) is 93.7 Å². The molecule has 7 nitrogen and oxygen atoms in total. The lowest BCUT2D eigenvalue weighted by atomic mass is 9.97. The molecule has 0 saturated carbocycles. The number of carbonyl (C=O) groups excluding carboxylic acids is 1. The van der Waals surface area contributed by atoms with Crippen LogP contribution >= 0.6 is 0 Å². The summed E-state index contributed by atoms with van der Waals surface area (Å²) in [5.74, 6) is 0.869. The van der Waals surface area contributed by atoms with Crippen LogP contribution in [-0.2, 0) is 14.8 Å². The second kappa shape index (κ2) is 9.17. The van der Waals surface area contributed by atoms with Gasteiger partial charge < -0.3 is 14.8 Å². The maximum absolute atomic E-state index is 12.6. The third kappa shape index (κ3) is 6.98. The second-order valence-electron chi connectivity index (χ2n) is 7.89. The largest absolute Gasteiger partial charge is 0.497 e. The van der Waals surface area contributed by atoms with Crippen LogP contribution in [0.3, 0.4) is 0 Å². The maximum Gasteiger partial charge on any atom is 0.261 e. The van der Waals surface area contributed by atoms with Gasteiger partial charge in [-0.05, 0) is 60.4 Å². The van der Waals surface area contributed by atoms with E-state index in [4.69, 9.17) is 9.47 Å². The smallest absolute Gasteiger partial charge is 0.261 e. The number of anilines is 1. The Morgan fingerprint density at radius 1 is 1.07 bits per heavy atom. The molecule has 0 aliphatic rings. The van der Waals surface area contributed by atoms with Crippen LogP contribution in [0.2, 0.25) is 0 Å². The Morgan fingerprint density at radius 2 is 1.72 bits per heavy atom. The first kappa shape index (κ1) is 22.5. The van der Waals surface area contributed by atoms with Gasteiger partial charge in [0.1, 0.15) is 11.5 Å². The molecule has 0 saturated heterocycles.